The van der Waals surface area contributed by atoms with E-state index in [4.69, 9.17) is 9.15 Å². The zero-order valence-electron chi connectivity index (χ0n) is 10.7. The Balaban J connectivity index is 2.09. The molecule has 1 aromatic heterocycles. The van der Waals surface area contributed by atoms with Crippen LogP contribution in [0.4, 0.5) is 0 Å². The highest BCUT2D eigenvalue weighted by Gasteiger charge is 2.14. The van der Waals surface area contributed by atoms with Gasteiger partial charge in [-0.25, -0.2) is 13.1 Å². The summed E-state index contributed by atoms with van der Waals surface area (Å²) in [5, 5.41) is 0. The van der Waals surface area contributed by atoms with Crippen LogP contribution < -0.4 is 9.46 Å². The van der Waals surface area contributed by atoms with E-state index in [0.29, 0.717) is 11.5 Å². The highest BCUT2D eigenvalue weighted by molar-refractivity contribution is 7.89. The Labute approximate surface area is 112 Å². The third kappa shape index (κ3) is 3.36. The van der Waals surface area contributed by atoms with Crippen LogP contribution in [0.2, 0.25) is 0 Å². The van der Waals surface area contributed by atoms with Crippen molar-refractivity contribution >= 4 is 10.0 Å². The molecule has 2 rings (SSSR count). The summed E-state index contributed by atoms with van der Waals surface area (Å²) in [6, 6.07) is 9.73. The highest BCUT2D eigenvalue weighted by Crippen LogP contribution is 2.16. The van der Waals surface area contributed by atoms with Gasteiger partial charge in [-0.05, 0) is 43.3 Å². The van der Waals surface area contributed by atoms with Crippen LogP contribution in [0, 0.1) is 6.92 Å². The first kappa shape index (κ1) is 13.6. The van der Waals surface area contributed by atoms with Gasteiger partial charge >= 0.3 is 0 Å². The molecule has 0 atom stereocenters. The largest absolute Gasteiger partial charge is 0.497 e. The molecule has 0 aliphatic heterocycles. The first-order valence-corrected chi connectivity index (χ1v) is 7.18. The summed E-state index contributed by atoms with van der Waals surface area (Å²) < 4.78 is 36.8. The van der Waals surface area contributed by atoms with Crippen LogP contribution in [0.1, 0.15) is 11.5 Å². The maximum absolute atomic E-state index is 12.0. The van der Waals surface area contributed by atoms with Gasteiger partial charge in [0.25, 0.3) is 0 Å². The lowest BCUT2D eigenvalue weighted by Crippen LogP contribution is -2.22. The lowest BCUT2D eigenvalue weighted by Gasteiger charge is -2.06. The topological polar surface area (TPSA) is 68.5 Å². The second-order valence-corrected chi connectivity index (χ2v) is 5.78. The fourth-order valence-electron chi connectivity index (χ4n) is 1.58. The van der Waals surface area contributed by atoms with Gasteiger partial charge in [-0.1, -0.05) is 0 Å². The molecule has 2 aromatic rings. The number of benzene rings is 1. The van der Waals surface area contributed by atoms with Crippen molar-refractivity contribution in [2.24, 2.45) is 0 Å². The van der Waals surface area contributed by atoms with Crippen LogP contribution in [0.5, 0.6) is 5.75 Å². The van der Waals surface area contributed by atoms with Gasteiger partial charge < -0.3 is 9.15 Å². The molecule has 0 aliphatic rings. The summed E-state index contributed by atoms with van der Waals surface area (Å²) in [6.07, 6.45) is 0. The molecule has 0 spiro atoms. The number of hydrogen-bond acceptors (Lipinski definition) is 4. The van der Waals surface area contributed by atoms with Gasteiger partial charge in [-0.3, -0.25) is 0 Å². The van der Waals surface area contributed by atoms with Gasteiger partial charge in [0.2, 0.25) is 10.0 Å². The van der Waals surface area contributed by atoms with Gasteiger partial charge in [0, 0.05) is 0 Å². The lowest BCUT2D eigenvalue weighted by atomic mass is 10.3. The highest BCUT2D eigenvalue weighted by atomic mass is 32.2. The summed E-state index contributed by atoms with van der Waals surface area (Å²) in [7, 11) is -2.01. The standard InChI is InChI=1S/C13H15NO4S/c1-10-3-4-12(18-10)9-14-19(15,16)13-7-5-11(17-2)6-8-13/h3-8,14H,9H2,1-2H3. The minimum atomic E-state index is -3.54. The monoisotopic (exact) mass is 281 g/mol. The summed E-state index contributed by atoms with van der Waals surface area (Å²) in [5.74, 6) is 1.94. The Morgan fingerprint density at radius 3 is 2.37 bits per heavy atom. The molecule has 1 aromatic carbocycles. The zero-order chi connectivity index (χ0) is 13.9. The van der Waals surface area contributed by atoms with Crippen molar-refractivity contribution in [1.82, 2.24) is 4.72 Å². The Bertz CT molecular complexity index is 644. The Kier molecular flexibility index (Phi) is 3.92. The number of aryl methyl sites for hydroxylation is 1. The molecule has 0 aliphatic carbocycles. The fourth-order valence-corrected chi connectivity index (χ4v) is 2.58. The fraction of sp³-hybridized carbons (Fsp3) is 0.231. The first-order chi connectivity index (χ1) is 9.01. The van der Waals surface area contributed by atoms with Crippen LogP contribution >= 0.6 is 0 Å². The number of nitrogens with one attached hydrogen (secondary N) is 1. The summed E-state index contributed by atoms with van der Waals surface area (Å²) in [5.41, 5.74) is 0. The van der Waals surface area contributed by atoms with Crippen molar-refractivity contribution in [3.8, 4) is 5.75 Å². The minimum Gasteiger partial charge on any atom is -0.497 e. The molecule has 0 bridgehead atoms. The number of methoxy groups -OCH3 is 1. The molecule has 1 heterocycles. The molecule has 1 N–H and O–H groups in total. The van der Waals surface area contributed by atoms with Crippen molar-refractivity contribution in [3.63, 3.8) is 0 Å². The molecule has 19 heavy (non-hydrogen) atoms. The van der Waals surface area contributed by atoms with Gasteiger partial charge in [0.05, 0.1) is 18.6 Å². The van der Waals surface area contributed by atoms with Gasteiger partial charge in [0.15, 0.2) is 0 Å². The first-order valence-electron chi connectivity index (χ1n) is 5.70. The molecule has 0 fully saturated rings. The van der Waals surface area contributed by atoms with Crippen molar-refractivity contribution in [2.75, 3.05) is 7.11 Å². The molecule has 0 unspecified atom stereocenters. The normalized spacial score (nSPS) is 11.5. The molecular formula is C13H15NO4S. The Morgan fingerprint density at radius 2 is 1.84 bits per heavy atom. The Hall–Kier alpha value is -1.79. The third-order valence-electron chi connectivity index (χ3n) is 2.60. The third-order valence-corrected chi connectivity index (χ3v) is 4.02. The summed E-state index contributed by atoms with van der Waals surface area (Å²) in [4.78, 5) is 0.191. The predicted molar refractivity (Wildman–Crippen MR) is 70.5 cm³/mol. The maximum Gasteiger partial charge on any atom is 0.240 e. The van der Waals surface area contributed by atoms with Crippen molar-refractivity contribution < 1.29 is 17.6 Å². The van der Waals surface area contributed by atoms with E-state index in [1.54, 1.807) is 24.3 Å². The summed E-state index contributed by atoms with van der Waals surface area (Å²) in [6.45, 7) is 1.93. The van der Waals surface area contributed by atoms with E-state index in [1.807, 2.05) is 6.92 Å². The van der Waals surface area contributed by atoms with Crippen molar-refractivity contribution in [2.45, 2.75) is 18.4 Å². The van der Waals surface area contributed by atoms with Gasteiger partial charge in [0.1, 0.15) is 17.3 Å². The van der Waals surface area contributed by atoms with Crippen LogP contribution in [0.3, 0.4) is 0 Å². The minimum absolute atomic E-state index is 0.127. The molecule has 102 valence electrons. The molecule has 0 saturated carbocycles. The zero-order valence-corrected chi connectivity index (χ0v) is 11.5. The number of furan rings is 1. The smallest absolute Gasteiger partial charge is 0.240 e. The van der Waals surface area contributed by atoms with E-state index in [9.17, 15) is 8.42 Å². The van der Waals surface area contributed by atoms with Crippen LogP contribution in [-0.4, -0.2) is 15.5 Å². The predicted octanol–water partition coefficient (Wildman–Crippen LogP) is 2.08. The van der Waals surface area contributed by atoms with Gasteiger partial charge in [-0.2, -0.15) is 0 Å². The molecular weight excluding hydrogens is 266 g/mol. The van der Waals surface area contributed by atoms with Crippen LogP contribution in [0.25, 0.3) is 0 Å². The summed E-state index contributed by atoms with van der Waals surface area (Å²) >= 11 is 0. The average molecular weight is 281 g/mol. The molecule has 0 radical (unpaired) electrons. The number of sulfonamides is 1. The molecule has 0 saturated heterocycles. The van der Waals surface area contributed by atoms with E-state index in [0.717, 1.165) is 5.76 Å². The second-order valence-electron chi connectivity index (χ2n) is 4.01. The average Bonchev–Trinajstić information content (AvgIpc) is 2.82. The SMILES string of the molecule is COc1ccc(S(=O)(=O)NCc2ccc(C)o2)cc1. The van der Waals surface area contributed by atoms with Crippen molar-refractivity contribution in [1.29, 1.82) is 0 Å². The second kappa shape index (κ2) is 5.46. The lowest BCUT2D eigenvalue weighted by molar-refractivity contribution is 0.414. The Morgan fingerprint density at radius 1 is 1.16 bits per heavy atom. The van der Waals surface area contributed by atoms with E-state index >= 15 is 0 Å². The van der Waals surface area contributed by atoms with E-state index < -0.39 is 10.0 Å². The van der Waals surface area contributed by atoms with E-state index in [2.05, 4.69) is 4.72 Å². The van der Waals surface area contributed by atoms with Crippen LogP contribution in [-0.2, 0) is 16.6 Å². The van der Waals surface area contributed by atoms with Crippen LogP contribution in [0.15, 0.2) is 45.7 Å². The van der Waals surface area contributed by atoms with E-state index in [1.165, 1.54) is 19.2 Å². The van der Waals surface area contributed by atoms with Gasteiger partial charge in [-0.15, -0.1) is 0 Å². The maximum atomic E-state index is 12.0. The number of ether oxygens (including phenoxy) is 1. The quantitative estimate of drug-likeness (QED) is 0.911. The molecule has 5 nitrogen and oxygen atoms in total. The molecule has 6 heteroatoms. The van der Waals surface area contributed by atoms with E-state index in [-0.39, 0.29) is 11.4 Å². The molecule has 0 amide bonds. The number of rotatable bonds is 5. The van der Waals surface area contributed by atoms with Crippen molar-refractivity contribution in [3.05, 3.63) is 47.9 Å². The number of hydrogen-bond donors (Lipinski definition) is 1.